The van der Waals surface area contributed by atoms with E-state index in [-0.39, 0.29) is 0 Å². The minimum atomic E-state index is 1.11. The lowest BCUT2D eigenvalue weighted by Gasteiger charge is -2.16. The Morgan fingerprint density at radius 1 is 1.55 bits per heavy atom. The van der Waals surface area contributed by atoms with E-state index < -0.39 is 0 Å². The van der Waals surface area contributed by atoms with E-state index in [1.54, 1.807) is 0 Å². The van der Waals surface area contributed by atoms with Crippen molar-refractivity contribution in [1.82, 2.24) is 4.90 Å². The SMILES string of the molecule is CC/C=C1\C=CN(C)C=C1C. The summed E-state index contributed by atoms with van der Waals surface area (Å²) in [7, 11) is 2.04. The molecule has 0 saturated heterocycles. The molecule has 11 heavy (non-hydrogen) atoms. The van der Waals surface area contributed by atoms with Gasteiger partial charge in [-0.1, -0.05) is 13.0 Å². The molecule has 0 fully saturated rings. The molecule has 0 amide bonds. The topological polar surface area (TPSA) is 3.24 Å². The molecule has 1 heteroatoms. The third-order valence-corrected chi connectivity index (χ3v) is 1.77. The molecule has 1 aliphatic rings. The highest BCUT2D eigenvalue weighted by atomic mass is 15.1. The molecular formula is C10H15N. The fourth-order valence-electron chi connectivity index (χ4n) is 1.20. The van der Waals surface area contributed by atoms with Gasteiger partial charge in [-0.2, -0.15) is 0 Å². The van der Waals surface area contributed by atoms with Gasteiger partial charge in [-0.15, -0.1) is 0 Å². The maximum absolute atomic E-state index is 2.25. The van der Waals surface area contributed by atoms with Gasteiger partial charge in [0, 0.05) is 19.4 Å². The normalized spacial score (nSPS) is 20.8. The van der Waals surface area contributed by atoms with Gasteiger partial charge in [0.25, 0.3) is 0 Å². The Morgan fingerprint density at radius 2 is 2.27 bits per heavy atom. The quantitative estimate of drug-likeness (QED) is 0.554. The molecule has 1 rings (SSSR count). The van der Waals surface area contributed by atoms with Gasteiger partial charge in [-0.05, 0) is 30.6 Å². The van der Waals surface area contributed by atoms with E-state index in [0.717, 1.165) is 6.42 Å². The molecule has 1 nitrogen and oxygen atoms in total. The van der Waals surface area contributed by atoms with Gasteiger partial charge < -0.3 is 4.90 Å². The third-order valence-electron chi connectivity index (χ3n) is 1.77. The summed E-state index contributed by atoms with van der Waals surface area (Å²) in [6, 6.07) is 0. The molecule has 1 heterocycles. The summed E-state index contributed by atoms with van der Waals surface area (Å²) in [6.45, 7) is 4.30. The Hall–Kier alpha value is -0.980. The van der Waals surface area contributed by atoms with Crippen molar-refractivity contribution in [2.45, 2.75) is 20.3 Å². The van der Waals surface area contributed by atoms with Gasteiger partial charge in [0.1, 0.15) is 0 Å². The Balaban J connectivity index is 2.80. The largest absolute Gasteiger partial charge is 0.357 e. The first kappa shape index (κ1) is 8.12. The van der Waals surface area contributed by atoms with E-state index in [0.29, 0.717) is 0 Å². The molecule has 0 aromatic carbocycles. The van der Waals surface area contributed by atoms with E-state index in [2.05, 4.69) is 43.3 Å². The lowest BCUT2D eigenvalue weighted by Crippen LogP contribution is -2.06. The zero-order valence-electron chi connectivity index (χ0n) is 7.46. The summed E-state index contributed by atoms with van der Waals surface area (Å²) in [5.74, 6) is 0. The van der Waals surface area contributed by atoms with Gasteiger partial charge in [0.05, 0.1) is 0 Å². The fraction of sp³-hybridized carbons (Fsp3) is 0.400. The molecule has 0 unspecified atom stereocenters. The maximum atomic E-state index is 2.25. The average Bonchev–Trinajstić information content (AvgIpc) is 1.95. The van der Waals surface area contributed by atoms with Crippen LogP contribution in [0.2, 0.25) is 0 Å². The number of nitrogens with zero attached hydrogens (tertiary/aromatic N) is 1. The van der Waals surface area contributed by atoms with Crippen LogP contribution in [0.3, 0.4) is 0 Å². The molecule has 0 aliphatic carbocycles. The standard InChI is InChI=1S/C10H15N/c1-4-5-10-6-7-11(3)8-9(10)2/h5-8H,4H2,1-3H3/b10-5+. The molecule has 0 N–H and O–H groups in total. The smallest absolute Gasteiger partial charge is 0.0106 e. The summed E-state index contributed by atoms with van der Waals surface area (Å²) in [5.41, 5.74) is 2.70. The van der Waals surface area contributed by atoms with Crippen LogP contribution in [0.5, 0.6) is 0 Å². The Kier molecular flexibility index (Phi) is 2.53. The molecule has 60 valence electrons. The molecule has 0 bridgehead atoms. The van der Waals surface area contributed by atoms with E-state index in [1.807, 2.05) is 7.05 Å². The van der Waals surface area contributed by atoms with Crippen molar-refractivity contribution in [2.24, 2.45) is 0 Å². The summed E-state index contributed by atoms with van der Waals surface area (Å²) < 4.78 is 0. The molecule has 0 aromatic heterocycles. The van der Waals surface area contributed by atoms with Gasteiger partial charge >= 0.3 is 0 Å². The van der Waals surface area contributed by atoms with Crippen LogP contribution in [0.15, 0.2) is 35.7 Å². The van der Waals surface area contributed by atoms with E-state index >= 15 is 0 Å². The van der Waals surface area contributed by atoms with E-state index in [9.17, 15) is 0 Å². The van der Waals surface area contributed by atoms with Crippen LogP contribution in [0.4, 0.5) is 0 Å². The predicted molar refractivity (Wildman–Crippen MR) is 49.0 cm³/mol. The Labute approximate surface area is 68.7 Å². The van der Waals surface area contributed by atoms with Crippen molar-refractivity contribution in [2.75, 3.05) is 7.05 Å². The second-order valence-electron chi connectivity index (χ2n) is 2.86. The van der Waals surface area contributed by atoms with Crippen molar-refractivity contribution in [3.05, 3.63) is 35.7 Å². The maximum Gasteiger partial charge on any atom is 0.0106 e. The lowest BCUT2D eigenvalue weighted by molar-refractivity contribution is 0.613. The molecule has 0 saturated carbocycles. The molecule has 0 aromatic rings. The van der Waals surface area contributed by atoms with Crippen LogP contribution in [0.1, 0.15) is 20.3 Å². The lowest BCUT2D eigenvalue weighted by atomic mass is 10.1. The van der Waals surface area contributed by atoms with Crippen molar-refractivity contribution in [1.29, 1.82) is 0 Å². The monoisotopic (exact) mass is 149 g/mol. The highest BCUT2D eigenvalue weighted by Gasteiger charge is 2.00. The van der Waals surface area contributed by atoms with E-state index in [4.69, 9.17) is 0 Å². The van der Waals surface area contributed by atoms with Crippen LogP contribution < -0.4 is 0 Å². The fourth-order valence-corrected chi connectivity index (χ4v) is 1.20. The molecule has 0 radical (unpaired) electrons. The minimum absolute atomic E-state index is 1.11. The molecule has 0 atom stereocenters. The Bertz CT molecular complexity index is 221. The highest BCUT2D eigenvalue weighted by molar-refractivity contribution is 5.40. The first-order valence-corrected chi connectivity index (χ1v) is 4.03. The zero-order valence-corrected chi connectivity index (χ0v) is 7.46. The van der Waals surface area contributed by atoms with Crippen LogP contribution >= 0.6 is 0 Å². The Morgan fingerprint density at radius 3 is 2.82 bits per heavy atom. The van der Waals surface area contributed by atoms with Gasteiger partial charge in [0.15, 0.2) is 0 Å². The molecule has 1 aliphatic heterocycles. The number of hydrogen-bond acceptors (Lipinski definition) is 1. The second kappa shape index (κ2) is 3.42. The average molecular weight is 149 g/mol. The molecular weight excluding hydrogens is 134 g/mol. The van der Waals surface area contributed by atoms with Gasteiger partial charge in [0.2, 0.25) is 0 Å². The minimum Gasteiger partial charge on any atom is -0.357 e. The van der Waals surface area contributed by atoms with Crippen molar-refractivity contribution in [3.63, 3.8) is 0 Å². The van der Waals surface area contributed by atoms with Crippen LogP contribution in [0, 0.1) is 0 Å². The predicted octanol–water partition coefficient (Wildman–Crippen LogP) is 2.69. The third kappa shape index (κ3) is 1.97. The molecule has 0 spiro atoms. The second-order valence-corrected chi connectivity index (χ2v) is 2.86. The van der Waals surface area contributed by atoms with Gasteiger partial charge in [-0.3, -0.25) is 0 Å². The first-order valence-electron chi connectivity index (χ1n) is 4.03. The van der Waals surface area contributed by atoms with Gasteiger partial charge in [-0.25, -0.2) is 0 Å². The van der Waals surface area contributed by atoms with Crippen LogP contribution in [-0.2, 0) is 0 Å². The number of hydrogen-bond donors (Lipinski definition) is 0. The number of rotatable bonds is 1. The summed E-state index contributed by atoms with van der Waals surface area (Å²) in [6.07, 6.45) is 9.72. The highest BCUT2D eigenvalue weighted by Crippen LogP contribution is 2.16. The van der Waals surface area contributed by atoms with Crippen LogP contribution in [-0.4, -0.2) is 11.9 Å². The van der Waals surface area contributed by atoms with Crippen molar-refractivity contribution < 1.29 is 0 Å². The summed E-state index contributed by atoms with van der Waals surface area (Å²) in [4.78, 5) is 2.07. The number of allylic oxidation sites excluding steroid dienone is 4. The van der Waals surface area contributed by atoms with Crippen molar-refractivity contribution >= 4 is 0 Å². The van der Waals surface area contributed by atoms with Crippen molar-refractivity contribution in [3.8, 4) is 0 Å². The zero-order chi connectivity index (χ0) is 8.27. The first-order chi connectivity index (χ1) is 5.24. The van der Waals surface area contributed by atoms with Crippen LogP contribution in [0.25, 0.3) is 0 Å². The summed E-state index contributed by atoms with van der Waals surface area (Å²) >= 11 is 0. The summed E-state index contributed by atoms with van der Waals surface area (Å²) in [5, 5.41) is 0. The van der Waals surface area contributed by atoms with E-state index in [1.165, 1.54) is 11.1 Å².